The van der Waals surface area contributed by atoms with Gasteiger partial charge in [-0.1, -0.05) is 6.42 Å². The Hall–Kier alpha value is -2.76. The summed E-state index contributed by atoms with van der Waals surface area (Å²) in [4.78, 5) is 9.41. The predicted molar refractivity (Wildman–Crippen MR) is 136 cm³/mol. The predicted octanol–water partition coefficient (Wildman–Crippen LogP) is 3.54. The fourth-order valence-corrected chi connectivity index (χ4v) is 8.06. The molecule has 3 N–H and O–H groups in total. The van der Waals surface area contributed by atoms with E-state index in [-0.39, 0.29) is 18.1 Å². The van der Waals surface area contributed by atoms with Gasteiger partial charge in [-0.15, -0.1) is 0 Å². The first-order valence-corrected chi connectivity index (χ1v) is 14.0. The molecule has 0 amide bonds. The minimum atomic E-state index is -3.40. The van der Waals surface area contributed by atoms with Crippen molar-refractivity contribution in [1.29, 1.82) is 0 Å². The van der Waals surface area contributed by atoms with Gasteiger partial charge >= 0.3 is 0 Å². The topological polar surface area (TPSA) is 119 Å². The smallest absolute Gasteiger partial charge is 0.282 e. The number of anilines is 3. The average molecular weight is 497 g/mol. The van der Waals surface area contributed by atoms with Crippen LogP contribution in [0.2, 0.25) is 0 Å². The molecule has 3 aromatic rings. The number of aromatic nitrogens is 4. The molecule has 10 nitrogen and oxygen atoms in total. The van der Waals surface area contributed by atoms with E-state index in [0.717, 1.165) is 67.4 Å². The van der Waals surface area contributed by atoms with Crippen LogP contribution in [0.15, 0.2) is 30.5 Å². The van der Waals surface area contributed by atoms with Crippen LogP contribution in [-0.2, 0) is 10.2 Å². The molecule has 3 aliphatic rings. The lowest BCUT2D eigenvalue weighted by atomic mass is 9.84. The maximum atomic E-state index is 13.5. The third-order valence-corrected chi connectivity index (χ3v) is 9.61. The van der Waals surface area contributed by atoms with E-state index >= 15 is 0 Å². The molecule has 0 radical (unpaired) electrons. The van der Waals surface area contributed by atoms with E-state index in [2.05, 4.69) is 25.8 Å². The van der Waals surface area contributed by atoms with Gasteiger partial charge in [-0.25, -0.2) is 4.98 Å². The maximum absolute atomic E-state index is 13.5. The summed E-state index contributed by atoms with van der Waals surface area (Å²) >= 11 is 0. The highest BCUT2D eigenvalue weighted by molar-refractivity contribution is 7.86. The molecule has 0 saturated carbocycles. The van der Waals surface area contributed by atoms with Crippen molar-refractivity contribution in [3.8, 4) is 0 Å². The Morgan fingerprint density at radius 3 is 2.54 bits per heavy atom. The van der Waals surface area contributed by atoms with Crippen LogP contribution < -0.4 is 10.6 Å². The van der Waals surface area contributed by atoms with Gasteiger partial charge in [-0.2, -0.15) is 22.1 Å². The number of aryl methyl sites for hydroxylation is 1. The number of fused-ring (bicyclic) bond motifs is 3. The molecule has 6 heterocycles. The first-order valence-electron chi connectivity index (χ1n) is 12.6. The second-order valence-corrected chi connectivity index (χ2v) is 11.8. The number of hydrogen-bond donors (Lipinski definition) is 3. The highest BCUT2D eigenvalue weighted by Crippen LogP contribution is 2.39. The normalized spacial score (nSPS) is 25.7. The molecule has 11 heteroatoms. The Balaban J connectivity index is 1.26. The van der Waals surface area contributed by atoms with Gasteiger partial charge in [0, 0.05) is 60.6 Å². The van der Waals surface area contributed by atoms with Crippen LogP contribution in [0.5, 0.6) is 0 Å². The van der Waals surface area contributed by atoms with Crippen molar-refractivity contribution in [1.82, 2.24) is 28.8 Å². The Morgan fingerprint density at radius 1 is 1.06 bits per heavy atom. The van der Waals surface area contributed by atoms with Gasteiger partial charge in [0.1, 0.15) is 11.6 Å². The van der Waals surface area contributed by atoms with E-state index in [4.69, 9.17) is 4.98 Å². The molecular formula is C24H32N8O2S. The molecule has 3 atom stereocenters. The fourth-order valence-electron chi connectivity index (χ4n) is 5.94. The van der Waals surface area contributed by atoms with Gasteiger partial charge < -0.3 is 10.6 Å². The lowest BCUT2D eigenvalue weighted by Gasteiger charge is -2.48. The Bertz CT molecular complexity index is 1310. The minimum Gasteiger partial charge on any atom is -0.367 e. The van der Waals surface area contributed by atoms with Gasteiger partial charge in [0.15, 0.2) is 5.82 Å². The molecule has 2 bridgehead atoms. The van der Waals surface area contributed by atoms with Crippen LogP contribution in [0, 0.1) is 6.92 Å². The molecule has 3 aromatic heterocycles. The first kappa shape index (κ1) is 22.7. The van der Waals surface area contributed by atoms with E-state index in [9.17, 15) is 8.42 Å². The molecule has 1 unspecified atom stereocenters. The molecule has 3 aliphatic heterocycles. The number of H-pyrrole nitrogens is 1. The summed E-state index contributed by atoms with van der Waals surface area (Å²) in [6.07, 6.45) is 8.17. The standard InChI is InChI=1S/C24H32N8O2S/c1-16-12-23(30-29-16)27-22-15-21-20(8-5-9-25-21)24(28-22)26-17-13-18-6-4-7-19(14-17)32(18)35(33,34)31-10-2-3-11-31/h5,8-9,12,15,17-19H,2-4,6-7,10-11,13-14H2,1H3,(H3,26,27,28,29,30)/t17?,18-,19+. The van der Waals surface area contributed by atoms with Gasteiger partial charge in [-0.3, -0.25) is 10.1 Å². The van der Waals surface area contributed by atoms with Crippen LogP contribution in [0.4, 0.5) is 17.5 Å². The van der Waals surface area contributed by atoms with E-state index in [0.29, 0.717) is 24.7 Å². The third-order valence-electron chi connectivity index (χ3n) is 7.47. The lowest BCUT2D eigenvalue weighted by molar-refractivity contribution is 0.108. The quantitative estimate of drug-likeness (QED) is 0.477. The largest absolute Gasteiger partial charge is 0.367 e. The molecule has 35 heavy (non-hydrogen) atoms. The number of hydrogen-bond acceptors (Lipinski definition) is 7. The zero-order chi connectivity index (χ0) is 24.0. The molecule has 0 aliphatic carbocycles. The summed E-state index contributed by atoms with van der Waals surface area (Å²) < 4.78 is 30.5. The summed E-state index contributed by atoms with van der Waals surface area (Å²) in [7, 11) is -3.40. The van der Waals surface area contributed by atoms with Crippen LogP contribution in [-0.4, -0.2) is 68.4 Å². The molecular weight excluding hydrogens is 464 g/mol. The molecule has 3 saturated heterocycles. The van der Waals surface area contributed by atoms with Crippen molar-refractivity contribution < 1.29 is 8.42 Å². The lowest BCUT2D eigenvalue weighted by Crippen LogP contribution is -2.59. The first-order chi connectivity index (χ1) is 17.0. The Kier molecular flexibility index (Phi) is 5.85. The number of rotatable bonds is 6. The molecule has 186 valence electrons. The van der Waals surface area contributed by atoms with Crippen LogP contribution in [0.1, 0.15) is 50.6 Å². The summed E-state index contributed by atoms with van der Waals surface area (Å²) in [6.45, 7) is 3.25. The third kappa shape index (κ3) is 4.36. The maximum Gasteiger partial charge on any atom is 0.282 e. The summed E-state index contributed by atoms with van der Waals surface area (Å²) in [5, 5.41) is 15.1. The minimum absolute atomic E-state index is 0.0309. The number of aromatic amines is 1. The second kappa shape index (κ2) is 9.03. The summed E-state index contributed by atoms with van der Waals surface area (Å²) in [5.74, 6) is 2.13. The van der Waals surface area contributed by atoms with E-state index < -0.39 is 10.2 Å². The van der Waals surface area contributed by atoms with E-state index in [1.54, 1.807) is 10.5 Å². The highest BCUT2D eigenvalue weighted by atomic mass is 32.2. The van der Waals surface area contributed by atoms with Crippen molar-refractivity contribution in [2.75, 3.05) is 23.7 Å². The Labute approximate surface area is 205 Å². The number of piperidine rings is 2. The van der Waals surface area contributed by atoms with Crippen LogP contribution >= 0.6 is 0 Å². The molecule has 3 fully saturated rings. The zero-order valence-electron chi connectivity index (χ0n) is 19.9. The summed E-state index contributed by atoms with van der Waals surface area (Å²) in [6, 6.07) is 7.99. The van der Waals surface area contributed by atoms with Gasteiger partial charge in [-0.05, 0) is 57.6 Å². The molecule has 6 rings (SSSR count). The highest BCUT2D eigenvalue weighted by Gasteiger charge is 2.47. The van der Waals surface area contributed by atoms with E-state index in [1.807, 2.05) is 35.5 Å². The van der Waals surface area contributed by atoms with Gasteiger partial charge in [0.05, 0.1) is 5.52 Å². The van der Waals surface area contributed by atoms with Gasteiger partial charge in [0.25, 0.3) is 10.2 Å². The van der Waals surface area contributed by atoms with Crippen molar-refractivity contribution in [3.63, 3.8) is 0 Å². The van der Waals surface area contributed by atoms with E-state index in [1.165, 1.54) is 0 Å². The zero-order valence-corrected chi connectivity index (χ0v) is 20.8. The van der Waals surface area contributed by atoms with Gasteiger partial charge in [0.2, 0.25) is 0 Å². The van der Waals surface area contributed by atoms with Crippen LogP contribution in [0.3, 0.4) is 0 Å². The molecule has 0 spiro atoms. The second-order valence-electron chi connectivity index (χ2n) is 9.98. The van der Waals surface area contributed by atoms with Crippen molar-refractivity contribution >= 4 is 38.6 Å². The fraction of sp³-hybridized carbons (Fsp3) is 0.542. The Morgan fingerprint density at radius 2 is 1.83 bits per heavy atom. The number of pyridine rings is 2. The monoisotopic (exact) mass is 496 g/mol. The van der Waals surface area contributed by atoms with Crippen molar-refractivity contribution in [3.05, 3.63) is 36.2 Å². The van der Waals surface area contributed by atoms with Crippen LogP contribution in [0.25, 0.3) is 10.9 Å². The number of nitrogens with one attached hydrogen (secondary N) is 3. The average Bonchev–Trinajstić information content (AvgIpc) is 3.51. The molecule has 0 aromatic carbocycles. The SMILES string of the molecule is Cc1cc(Nc2cc3ncccc3c(NC3C[C@H]4CCC[C@@H](C3)N4S(=O)(=O)N3CCCC3)n2)n[nH]1. The summed E-state index contributed by atoms with van der Waals surface area (Å²) in [5.41, 5.74) is 1.81. The number of nitrogens with zero attached hydrogens (tertiary/aromatic N) is 5. The van der Waals surface area contributed by atoms with Crippen molar-refractivity contribution in [2.24, 2.45) is 0 Å². The van der Waals surface area contributed by atoms with Crippen molar-refractivity contribution in [2.45, 2.75) is 70.0 Å².